The molecule has 6 heteroatoms. The van der Waals surface area contributed by atoms with Gasteiger partial charge in [0.05, 0.1) is 17.3 Å². The molecule has 1 heterocycles. The van der Waals surface area contributed by atoms with E-state index in [9.17, 15) is 13.2 Å². The summed E-state index contributed by atoms with van der Waals surface area (Å²) in [6.45, 7) is 3.55. The van der Waals surface area contributed by atoms with Gasteiger partial charge in [-0.05, 0) is 25.5 Å². The van der Waals surface area contributed by atoms with Gasteiger partial charge in [0.15, 0.2) is 0 Å². The molecule has 0 saturated heterocycles. The van der Waals surface area contributed by atoms with Gasteiger partial charge >= 0.3 is 6.18 Å². The van der Waals surface area contributed by atoms with Gasteiger partial charge < -0.3 is 5.73 Å². The van der Waals surface area contributed by atoms with E-state index in [2.05, 4.69) is 5.10 Å². The van der Waals surface area contributed by atoms with Gasteiger partial charge in [-0.15, -0.1) is 0 Å². The molecule has 0 radical (unpaired) electrons. The first-order chi connectivity index (χ1) is 9.23. The Kier molecular flexibility index (Phi) is 3.60. The smallest absolute Gasteiger partial charge is 0.320 e. The Morgan fingerprint density at radius 1 is 1.20 bits per heavy atom. The zero-order chi connectivity index (χ0) is 15.1. The topological polar surface area (TPSA) is 43.8 Å². The second kappa shape index (κ2) is 4.94. The van der Waals surface area contributed by atoms with E-state index in [0.29, 0.717) is 11.3 Å². The normalized spacial score (nSPS) is 13.6. The molecule has 0 aliphatic heterocycles. The monoisotopic (exact) mass is 283 g/mol. The van der Waals surface area contributed by atoms with E-state index in [4.69, 9.17) is 5.73 Å². The summed E-state index contributed by atoms with van der Waals surface area (Å²) < 4.78 is 40.8. The molecule has 0 amide bonds. The molecule has 0 bridgehead atoms. The Morgan fingerprint density at radius 3 is 2.30 bits per heavy atom. The molecule has 3 nitrogen and oxygen atoms in total. The fourth-order valence-corrected chi connectivity index (χ4v) is 2.42. The van der Waals surface area contributed by atoms with Crippen molar-refractivity contribution >= 4 is 0 Å². The number of aryl methyl sites for hydroxylation is 2. The number of hydrogen-bond donors (Lipinski definition) is 1. The van der Waals surface area contributed by atoms with Gasteiger partial charge in [-0.25, -0.2) is 0 Å². The number of hydrogen-bond acceptors (Lipinski definition) is 2. The summed E-state index contributed by atoms with van der Waals surface area (Å²) in [5, 5.41) is 4.20. The van der Waals surface area contributed by atoms with Gasteiger partial charge in [0.2, 0.25) is 0 Å². The van der Waals surface area contributed by atoms with Gasteiger partial charge in [-0.3, -0.25) is 4.68 Å². The Balaban J connectivity index is 2.57. The van der Waals surface area contributed by atoms with E-state index >= 15 is 0 Å². The van der Waals surface area contributed by atoms with Crippen molar-refractivity contribution in [3.8, 4) is 0 Å². The molecule has 1 unspecified atom stereocenters. The van der Waals surface area contributed by atoms with Crippen LogP contribution < -0.4 is 5.73 Å². The molecule has 0 aliphatic carbocycles. The summed E-state index contributed by atoms with van der Waals surface area (Å²) in [7, 11) is 1.74. The van der Waals surface area contributed by atoms with Crippen LogP contribution in [0.2, 0.25) is 0 Å². The number of benzene rings is 1. The largest absolute Gasteiger partial charge is 0.416 e. The van der Waals surface area contributed by atoms with Crippen LogP contribution in [-0.2, 0) is 13.2 Å². The summed E-state index contributed by atoms with van der Waals surface area (Å²) in [5.41, 5.74) is 7.51. The summed E-state index contributed by atoms with van der Waals surface area (Å²) in [6, 6.07) is 4.55. The molecule has 2 rings (SSSR count). The fourth-order valence-electron chi connectivity index (χ4n) is 2.42. The fraction of sp³-hybridized carbons (Fsp3) is 0.357. The van der Waals surface area contributed by atoms with E-state index in [1.54, 1.807) is 31.6 Å². The third kappa shape index (κ3) is 2.43. The van der Waals surface area contributed by atoms with Crippen LogP contribution in [0.15, 0.2) is 24.3 Å². The van der Waals surface area contributed by atoms with Crippen molar-refractivity contribution in [3.63, 3.8) is 0 Å². The Labute approximate surface area is 115 Å². The molecule has 20 heavy (non-hydrogen) atoms. The third-order valence-corrected chi connectivity index (χ3v) is 3.48. The van der Waals surface area contributed by atoms with Crippen LogP contribution in [0.25, 0.3) is 0 Å². The molecule has 108 valence electrons. The molecular weight excluding hydrogens is 267 g/mol. The molecule has 0 fully saturated rings. The maximum atomic E-state index is 13.1. The lowest BCUT2D eigenvalue weighted by Crippen LogP contribution is -2.19. The van der Waals surface area contributed by atoms with E-state index in [1.165, 1.54) is 12.1 Å². The number of halogens is 3. The minimum atomic E-state index is -4.42. The molecule has 1 aromatic heterocycles. The molecule has 2 aromatic rings. The van der Waals surface area contributed by atoms with Crippen molar-refractivity contribution in [1.82, 2.24) is 9.78 Å². The molecule has 0 aliphatic rings. The minimum absolute atomic E-state index is 0.0687. The second-order valence-electron chi connectivity index (χ2n) is 4.77. The van der Waals surface area contributed by atoms with Crippen LogP contribution >= 0.6 is 0 Å². The van der Waals surface area contributed by atoms with Crippen LogP contribution in [0.4, 0.5) is 13.2 Å². The first-order valence-corrected chi connectivity index (χ1v) is 6.15. The molecule has 0 saturated carbocycles. The SMILES string of the molecule is Cc1nn(C)c(C)c1C(N)c1ccccc1C(F)(F)F. The van der Waals surface area contributed by atoms with Crippen molar-refractivity contribution in [3.05, 3.63) is 52.3 Å². The Bertz CT molecular complexity index is 629. The van der Waals surface area contributed by atoms with Crippen molar-refractivity contribution < 1.29 is 13.2 Å². The van der Waals surface area contributed by atoms with Gasteiger partial charge in [0.25, 0.3) is 0 Å². The lowest BCUT2D eigenvalue weighted by molar-refractivity contribution is -0.138. The number of nitrogens with two attached hydrogens (primary N) is 1. The highest BCUT2D eigenvalue weighted by Gasteiger charge is 2.35. The van der Waals surface area contributed by atoms with Crippen LogP contribution in [0.5, 0.6) is 0 Å². The van der Waals surface area contributed by atoms with Crippen molar-refractivity contribution in [2.45, 2.75) is 26.1 Å². The number of nitrogens with zero attached hydrogens (tertiary/aromatic N) is 2. The average Bonchev–Trinajstić information content (AvgIpc) is 2.61. The number of alkyl halides is 3. The first kappa shape index (κ1) is 14.6. The van der Waals surface area contributed by atoms with Gasteiger partial charge in [-0.2, -0.15) is 18.3 Å². The highest BCUT2D eigenvalue weighted by molar-refractivity contribution is 5.41. The molecule has 2 N–H and O–H groups in total. The number of aromatic nitrogens is 2. The van der Waals surface area contributed by atoms with E-state index in [1.807, 2.05) is 0 Å². The van der Waals surface area contributed by atoms with E-state index in [-0.39, 0.29) is 5.56 Å². The van der Waals surface area contributed by atoms with Gasteiger partial charge in [0.1, 0.15) is 0 Å². The number of rotatable bonds is 2. The standard InChI is InChI=1S/C14H16F3N3/c1-8-12(9(2)20(3)19-8)13(18)10-6-4-5-7-11(10)14(15,16)17/h4-7,13H,18H2,1-3H3. The van der Waals surface area contributed by atoms with E-state index in [0.717, 1.165) is 11.8 Å². The average molecular weight is 283 g/mol. The van der Waals surface area contributed by atoms with Crippen LogP contribution in [0, 0.1) is 13.8 Å². The first-order valence-electron chi connectivity index (χ1n) is 6.15. The predicted molar refractivity (Wildman–Crippen MR) is 70.2 cm³/mol. The summed E-state index contributed by atoms with van der Waals surface area (Å²) >= 11 is 0. The highest BCUT2D eigenvalue weighted by atomic mass is 19.4. The molecular formula is C14H16F3N3. The highest BCUT2D eigenvalue weighted by Crippen LogP contribution is 2.36. The van der Waals surface area contributed by atoms with Crippen LogP contribution in [0.1, 0.15) is 34.1 Å². The zero-order valence-electron chi connectivity index (χ0n) is 11.5. The molecule has 1 atom stereocenters. The summed E-state index contributed by atoms with van der Waals surface area (Å²) in [5.74, 6) is 0. The van der Waals surface area contributed by atoms with Crippen molar-refractivity contribution in [2.75, 3.05) is 0 Å². The Hall–Kier alpha value is -1.82. The Morgan fingerprint density at radius 2 is 1.80 bits per heavy atom. The van der Waals surface area contributed by atoms with Crippen molar-refractivity contribution in [1.29, 1.82) is 0 Å². The van der Waals surface area contributed by atoms with Crippen molar-refractivity contribution in [2.24, 2.45) is 12.8 Å². The quantitative estimate of drug-likeness (QED) is 0.920. The van der Waals surface area contributed by atoms with Crippen LogP contribution in [0.3, 0.4) is 0 Å². The zero-order valence-corrected chi connectivity index (χ0v) is 11.5. The maximum Gasteiger partial charge on any atom is 0.416 e. The maximum absolute atomic E-state index is 13.1. The molecule has 1 aromatic carbocycles. The van der Waals surface area contributed by atoms with E-state index < -0.39 is 17.8 Å². The van der Waals surface area contributed by atoms with Gasteiger partial charge in [0, 0.05) is 18.3 Å². The molecule has 0 spiro atoms. The van der Waals surface area contributed by atoms with Gasteiger partial charge in [-0.1, -0.05) is 18.2 Å². The summed E-state index contributed by atoms with van der Waals surface area (Å²) in [4.78, 5) is 0. The third-order valence-electron chi connectivity index (χ3n) is 3.48. The predicted octanol–water partition coefficient (Wildman–Crippen LogP) is 3.10. The summed E-state index contributed by atoms with van der Waals surface area (Å²) in [6.07, 6.45) is -4.42. The lowest BCUT2D eigenvalue weighted by Gasteiger charge is -2.18. The van der Waals surface area contributed by atoms with Crippen LogP contribution in [-0.4, -0.2) is 9.78 Å². The second-order valence-corrected chi connectivity index (χ2v) is 4.77. The lowest BCUT2D eigenvalue weighted by atomic mass is 9.93. The minimum Gasteiger partial charge on any atom is -0.320 e.